The van der Waals surface area contributed by atoms with E-state index in [0.717, 1.165) is 37.3 Å². The number of hydrogen-bond donors (Lipinski definition) is 1. The first-order valence-corrected chi connectivity index (χ1v) is 6.19. The van der Waals surface area contributed by atoms with Crippen LogP contribution < -0.4 is 10.2 Å². The summed E-state index contributed by atoms with van der Waals surface area (Å²) in [6.07, 6.45) is 3.84. The number of carbonyl (C=O) groups excluding carboxylic acids is 1. The van der Waals surface area contributed by atoms with Crippen LogP contribution in [-0.2, 0) is 11.2 Å². The second-order valence-electron chi connectivity index (χ2n) is 4.37. The van der Waals surface area contributed by atoms with E-state index in [1.807, 2.05) is 17.9 Å². The zero-order valence-corrected chi connectivity index (χ0v) is 10.5. The van der Waals surface area contributed by atoms with Gasteiger partial charge in [-0.25, -0.2) is 0 Å². The van der Waals surface area contributed by atoms with E-state index in [9.17, 15) is 4.79 Å². The summed E-state index contributed by atoms with van der Waals surface area (Å²) in [6.45, 7) is 6.21. The third-order valence-corrected chi connectivity index (χ3v) is 3.13. The number of aromatic nitrogens is 1. The van der Waals surface area contributed by atoms with Crippen LogP contribution in [0.15, 0.2) is 12.3 Å². The maximum atomic E-state index is 11.9. The van der Waals surface area contributed by atoms with Crippen molar-refractivity contribution >= 4 is 11.6 Å². The largest absolute Gasteiger partial charge is 0.310 e. The summed E-state index contributed by atoms with van der Waals surface area (Å²) in [7, 11) is 0. The van der Waals surface area contributed by atoms with Gasteiger partial charge < -0.3 is 10.2 Å². The molecule has 4 heteroatoms. The van der Waals surface area contributed by atoms with Crippen LogP contribution in [-0.4, -0.2) is 30.5 Å². The zero-order chi connectivity index (χ0) is 12.3. The molecule has 1 aliphatic rings. The van der Waals surface area contributed by atoms with Crippen LogP contribution in [0.2, 0.25) is 0 Å². The van der Waals surface area contributed by atoms with Crippen LogP contribution in [0.4, 0.5) is 5.69 Å². The molecule has 1 aromatic rings. The van der Waals surface area contributed by atoms with Gasteiger partial charge in [-0.05, 0) is 25.0 Å². The first kappa shape index (κ1) is 12.0. The number of nitrogens with zero attached hydrogens (tertiary/aromatic N) is 2. The van der Waals surface area contributed by atoms with E-state index in [1.165, 1.54) is 5.56 Å². The summed E-state index contributed by atoms with van der Waals surface area (Å²) >= 11 is 0. The lowest BCUT2D eigenvalue weighted by Crippen LogP contribution is -2.48. The molecule has 0 aromatic carbocycles. The number of pyridine rings is 1. The smallest absolute Gasteiger partial charge is 0.240 e. The third kappa shape index (κ3) is 2.47. The predicted octanol–water partition coefficient (Wildman–Crippen LogP) is 1.28. The van der Waals surface area contributed by atoms with Gasteiger partial charge >= 0.3 is 0 Å². The van der Waals surface area contributed by atoms with Crippen molar-refractivity contribution in [3.63, 3.8) is 0 Å². The van der Waals surface area contributed by atoms with E-state index < -0.39 is 0 Å². The first-order valence-electron chi connectivity index (χ1n) is 6.19. The molecule has 0 spiro atoms. The molecule has 1 fully saturated rings. The standard InChI is InChI=1S/C13H19N3O/c1-3-4-11-10(2)15-6-5-12(11)16-8-7-14-9-13(16)17/h5-6,14H,3-4,7-9H2,1-2H3. The van der Waals surface area contributed by atoms with Crippen molar-refractivity contribution < 1.29 is 4.79 Å². The number of aryl methyl sites for hydroxylation is 1. The maximum Gasteiger partial charge on any atom is 0.240 e. The Morgan fingerprint density at radius 3 is 3.06 bits per heavy atom. The van der Waals surface area contributed by atoms with Gasteiger partial charge in [0.25, 0.3) is 0 Å². The van der Waals surface area contributed by atoms with Gasteiger partial charge in [0.05, 0.1) is 12.2 Å². The van der Waals surface area contributed by atoms with Crippen molar-refractivity contribution in [2.24, 2.45) is 0 Å². The Morgan fingerprint density at radius 1 is 1.53 bits per heavy atom. The topological polar surface area (TPSA) is 45.2 Å². The molecule has 1 N–H and O–H groups in total. The number of amides is 1. The molecule has 0 unspecified atom stereocenters. The van der Waals surface area contributed by atoms with E-state index in [-0.39, 0.29) is 5.91 Å². The van der Waals surface area contributed by atoms with Gasteiger partial charge in [0, 0.05) is 25.0 Å². The van der Waals surface area contributed by atoms with Gasteiger partial charge in [-0.3, -0.25) is 9.78 Å². The van der Waals surface area contributed by atoms with Crippen molar-refractivity contribution in [3.05, 3.63) is 23.5 Å². The fourth-order valence-corrected chi connectivity index (χ4v) is 2.26. The molecule has 0 saturated carbocycles. The lowest BCUT2D eigenvalue weighted by atomic mass is 10.1. The maximum absolute atomic E-state index is 11.9. The lowest BCUT2D eigenvalue weighted by Gasteiger charge is -2.29. The summed E-state index contributed by atoms with van der Waals surface area (Å²) in [5.74, 6) is 0.152. The third-order valence-electron chi connectivity index (χ3n) is 3.13. The highest BCUT2D eigenvalue weighted by Crippen LogP contribution is 2.24. The first-order chi connectivity index (χ1) is 8.24. The molecule has 1 amide bonds. The van der Waals surface area contributed by atoms with Crippen molar-refractivity contribution in [1.29, 1.82) is 0 Å². The van der Waals surface area contributed by atoms with Gasteiger partial charge in [-0.2, -0.15) is 0 Å². The summed E-state index contributed by atoms with van der Waals surface area (Å²) in [5.41, 5.74) is 3.30. The average molecular weight is 233 g/mol. The van der Waals surface area contributed by atoms with E-state index in [2.05, 4.69) is 17.2 Å². The highest BCUT2D eigenvalue weighted by atomic mass is 16.2. The molecule has 92 valence electrons. The van der Waals surface area contributed by atoms with Gasteiger partial charge in [-0.1, -0.05) is 13.3 Å². The number of carbonyl (C=O) groups is 1. The Kier molecular flexibility index (Phi) is 3.74. The summed E-state index contributed by atoms with van der Waals surface area (Å²) in [6, 6.07) is 1.96. The number of piperazine rings is 1. The van der Waals surface area contributed by atoms with Gasteiger partial charge in [0.15, 0.2) is 0 Å². The van der Waals surface area contributed by atoms with Gasteiger partial charge in [0.2, 0.25) is 5.91 Å². The zero-order valence-electron chi connectivity index (χ0n) is 10.5. The Labute approximate surface area is 102 Å². The Bertz CT molecular complexity index is 417. The van der Waals surface area contributed by atoms with Crippen molar-refractivity contribution in [2.45, 2.75) is 26.7 Å². The van der Waals surface area contributed by atoms with Crippen LogP contribution in [0, 0.1) is 6.92 Å². The van der Waals surface area contributed by atoms with Gasteiger partial charge in [-0.15, -0.1) is 0 Å². The van der Waals surface area contributed by atoms with Crippen molar-refractivity contribution in [3.8, 4) is 0 Å². The van der Waals surface area contributed by atoms with Crippen molar-refractivity contribution in [1.82, 2.24) is 10.3 Å². The lowest BCUT2D eigenvalue weighted by molar-refractivity contribution is -0.118. The molecule has 1 aromatic heterocycles. The molecule has 1 saturated heterocycles. The second-order valence-corrected chi connectivity index (χ2v) is 4.37. The Balaban J connectivity index is 2.36. The summed E-state index contributed by atoms with van der Waals surface area (Å²) < 4.78 is 0. The van der Waals surface area contributed by atoms with Crippen LogP contribution in [0.1, 0.15) is 24.6 Å². The van der Waals surface area contributed by atoms with E-state index in [1.54, 1.807) is 6.20 Å². The molecular weight excluding hydrogens is 214 g/mol. The van der Waals surface area contributed by atoms with Gasteiger partial charge in [0.1, 0.15) is 0 Å². The fourth-order valence-electron chi connectivity index (χ4n) is 2.26. The highest BCUT2D eigenvalue weighted by molar-refractivity contribution is 5.96. The molecule has 17 heavy (non-hydrogen) atoms. The molecule has 0 atom stereocenters. The minimum Gasteiger partial charge on any atom is -0.310 e. The summed E-state index contributed by atoms with van der Waals surface area (Å²) in [4.78, 5) is 18.1. The molecular formula is C13H19N3O. The Morgan fingerprint density at radius 2 is 2.35 bits per heavy atom. The van der Waals surface area contributed by atoms with E-state index in [0.29, 0.717) is 6.54 Å². The number of nitrogens with one attached hydrogen (secondary N) is 1. The molecule has 4 nitrogen and oxygen atoms in total. The average Bonchev–Trinajstić information content (AvgIpc) is 2.33. The predicted molar refractivity (Wildman–Crippen MR) is 68.2 cm³/mol. The molecule has 2 rings (SSSR count). The normalized spacial score (nSPS) is 16.4. The van der Waals surface area contributed by atoms with Crippen LogP contribution in [0.25, 0.3) is 0 Å². The molecule has 0 radical (unpaired) electrons. The monoisotopic (exact) mass is 233 g/mol. The van der Waals surface area contributed by atoms with E-state index >= 15 is 0 Å². The van der Waals surface area contributed by atoms with Crippen LogP contribution in [0.5, 0.6) is 0 Å². The number of anilines is 1. The molecule has 1 aliphatic heterocycles. The SMILES string of the molecule is CCCc1c(N2CCNCC2=O)ccnc1C. The van der Waals surface area contributed by atoms with Crippen molar-refractivity contribution in [2.75, 3.05) is 24.5 Å². The fraction of sp³-hybridized carbons (Fsp3) is 0.538. The number of rotatable bonds is 3. The van der Waals surface area contributed by atoms with E-state index in [4.69, 9.17) is 0 Å². The van der Waals surface area contributed by atoms with Crippen LogP contribution >= 0.6 is 0 Å². The summed E-state index contributed by atoms with van der Waals surface area (Å²) in [5, 5.41) is 3.09. The molecule has 0 aliphatic carbocycles. The Hall–Kier alpha value is -1.42. The number of hydrogen-bond acceptors (Lipinski definition) is 3. The quantitative estimate of drug-likeness (QED) is 0.855. The minimum atomic E-state index is 0.152. The highest BCUT2D eigenvalue weighted by Gasteiger charge is 2.22. The minimum absolute atomic E-state index is 0.152. The second kappa shape index (κ2) is 5.27. The molecule has 0 bridgehead atoms. The molecule has 2 heterocycles. The van der Waals surface area contributed by atoms with Crippen LogP contribution in [0.3, 0.4) is 0 Å².